The van der Waals surface area contributed by atoms with E-state index in [1.54, 1.807) is 0 Å². The molecule has 1 rings (SSSR count). The third-order valence-electron chi connectivity index (χ3n) is 0.946. The predicted molar refractivity (Wildman–Crippen MR) is 59.7 cm³/mol. The van der Waals surface area contributed by atoms with Gasteiger partial charge in [0.2, 0.25) is 5.13 Å². The minimum absolute atomic E-state index is 0.568. The van der Waals surface area contributed by atoms with Gasteiger partial charge in [0.25, 0.3) is 0 Å². The lowest BCUT2D eigenvalue weighted by Gasteiger charge is -1.82. The fourth-order valence-corrected chi connectivity index (χ4v) is 1.29. The number of hydrogen-bond donors (Lipinski definition) is 1. The van der Waals surface area contributed by atoms with Crippen molar-refractivity contribution in [2.75, 3.05) is 5.73 Å². The molecule has 1 aromatic heterocycles. The molecule has 0 spiro atoms. The smallest absolute Gasteiger partial charge is 0.203 e. The van der Waals surface area contributed by atoms with Crippen molar-refractivity contribution in [3.05, 3.63) is 5.01 Å². The number of anilines is 1. The van der Waals surface area contributed by atoms with Crippen molar-refractivity contribution in [2.45, 2.75) is 24.1 Å². The number of nitrogen functional groups attached to an aromatic ring is 1. The molecule has 0 aliphatic heterocycles. The van der Waals surface area contributed by atoms with Gasteiger partial charge >= 0.3 is 0 Å². The summed E-state index contributed by atoms with van der Waals surface area (Å²) < 4.78 is -0.750. The summed E-state index contributed by atoms with van der Waals surface area (Å²) in [6.45, 7) is 2.11. The molecule has 76 valence electrons. The van der Waals surface area contributed by atoms with Crippen molar-refractivity contribution < 1.29 is 0 Å². The van der Waals surface area contributed by atoms with E-state index in [1.807, 2.05) is 0 Å². The molecule has 0 bridgehead atoms. The van der Waals surface area contributed by atoms with Gasteiger partial charge in [-0.1, -0.05) is 53.1 Å². The monoisotopic (exact) mass is 261 g/mol. The molecule has 0 unspecified atom stereocenters. The second kappa shape index (κ2) is 7.62. The number of nitrogens with zero attached hydrogens (tertiary/aromatic N) is 2. The quantitative estimate of drug-likeness (QED) is 0.834. The van der Waals surface area contributed by atoms with E-state index in [-0.39, 0.29) is 0 Å². The van der Waals surface area contributed by atoms with Crippen LogP contribution in [0.3, 0.4) is 0 Å². The van der Waals surface area contributed by atoms with E-state index in [4.69, 9.17) is 40.5 Å². The Morgan fingerprint density at radius 3 is 2.23 bits per heavy atom. The lowest BCUT2D eigenvalue weighted by Crippen LogP contribution is -1.81. The first-order valence-electron chi connectivity index (χ1n) is 3.56. The van der Waals surface area contributed by atoms with Gasteiger partial charge < -0.3 is 5.73 Å². The molecule has 0 fully saturated rings. The Kier molecular flexibility index (Phi) is 7.75. The second-order valence-electron chi connectivity index (χ2n) is 2.03. The number of aromatic nitrogens is 2. The molecule has 13 heavy (non-hydrogen) atoms. The molecule has 0 saturated heterocycles. The van der Waals surface area contributed by atoms with Gasteiger partial charge in [0.05, 0.1) is 0 Å². The number of rotatable bonds is 2. The highest BCUT2D eigenvalue weighted by atomic mass is 35.6. The fraction of sp³-hybridized carbons (Fsp3) is 0.667. The molecule has 3 nitrogen and oxygen atoms in total. The minimum atomic E-state index is -0.750. The zero-order valence-corrected chi connectivity index (χ0v) is 10.1. The highest BCUT2D eigenvalue weighted by Crippen LogP contribution is 2.11. The molecule has 2 N–H and O–H groups in total. The predicted octanol–water partition coefficient (Wildman–Crippen LogP) is 3.06. The summed E-state index contributed by atoms with van der Waals surface area (Å²) in [5, 5.41) is 9.14. The standard InChI is InChI=1S/C5H9N3S.CHCl3/c1-2-3-4-7-8-5(6)9-4;2-1(3)4/h2-3H2,1H3,(H2,6,8);1H. The zero-order chi connectivity index (χ0) is 10.3. The largest absolute Gasteiger partial charge is 0.374 e. The van der Waals surface area contributed by atoms with Crippen molar-refractivity contribution in [3.8, 4) is 0 Å². The Morgan fingerprint density at radius 2 is 1.92 bits per heavy atom. The van der Waals surface area contributed by atoms with Crippen LogP contribution in [0, 0.1) is 0 Å². The first-order valence-corrected chi connectivity index (χ1v) is 5.69. The highest BCUT2D eigenvalue weighted by Gasteiger charge is 1.96. The molecule has 0 aliphatic rings. The average molecular weight is 263 g/mol. The highest BCUT2D eigenvalue weighted by molar-refractivity contribution is 7.15. The Hall–Kier alpha value is 0.230. The number of halogens is 3. The zero-order valence-electron chi connectivity index (χ0n) is 7.01. The van der Waals surface area contributed by atoms with Crippen molar-refractivity contribution in [3.63, 3.8) is 0 Å². The van der Waals surface area contributed by atoms with Crippen molar-refractivity contribution in [1.29, 1.82) is 0 Å². The van der Waals surface area contributed by atoms with Crippen molar-refractivity contribution in [1.82, 2.24) is 10.2 Å². The molecular formula is C6H10Cl3N3S. The first-order chi connectivity index (χ1) is 6.06. The molecular weight excluding hydrogens is 253 g/mol. The molecule has 0 atom stereocenters. The van der Waals surface area contributed by atoms with Gasteiger partial charge in [-0.3, -0.25) is 0 Å². The van der Waals surface area contributed by atoms with Gasteiger partial charge in [0.1, 0.15) is 5.01 Å². The van der Waals surface area contributed by atoms with E-state index in [1.165, 1.54) is 11.3 Å². The molecule has 0 amide bonds. The molecule has 1 aromatic rings. The molecule has 0 radical (unpaired) electrons. The Balaban J connectivity index is 0.000000310. The summed E-state index contributed by atoms with van der Waals surface area (Å²) in [5.41, 5.74) is 5.35. The molecule has 0 saturated carbocycles. The van der Waals surface area contributed by atoms with Crippen molar-refractivity contribution in [2.24, 2.45) is 0 Å². The topological polar surface area (TPSA) is 51.8 Å². The Labute approximate surface area is 96.2 Å². The van der Waals surface area contributed by atoms with Crippen LogP contribution in [0.5, 0.6) is 0 Å². The average Bonchev–Trinajstić information content (AvgIpc) is 2.35. The van der Waals surface area contributed by atoms with Crippen LogP contribution in [0.4, 0.5) is 5.13 Å². The summed E-state index contributed by atoms with van der Waals surface area (Å²) in [6.07, 6.45) is 2.10. The summed E-state index contributed by atoms with van der Waals surface area (Å²) in [7, 11) is 0. The minimum Gasteiger partial charge on any atom is -0.374 e. The maximum absolute atomic E-state index is 5.35. The van der Waals surface area contributed by atoms with Crippen LogP contribution in [0.15, 0.2) is 0 Å². The van der Waals surface area contributed by atoms with Crippen LogP contribution in [-0.4, -0.2) is 14.5 Å². The molecule has 0 aromatic carbocycles. The normalized spacial score (nSPS) is 9.62. The van der Waals surface area contributed by atoms with Crippen LogP contribution in [0.2, 0.25) is 0 Å². The van der Waals surface area contributed by atoms with Crippen LogP contribution in [-0.2, 0) is 6.42 Å². The van der Waals surface area contributed by atoms with Crippen molar-refractivity contribution >= 4 is 51.3 Å². The van der Waals surface area contributed by atoms with Crippen LogP contribution in [0.25, 0.3) is 0 Å². The molecule has 0 aliphatic carbocycles. The molecule has 1 heterocycles. The lowest BCUT2D eigenvalue weighted by molar-refractivity contribution is 0.879. The Bertz CT molecular complexity index is 226. The summed E-state index contributed by atoms with van der Waals surface area (Å²) in [6, 6.07) is 0. The van der Waals surface area contributed by atoms with Gasteiger partial charge in [0.15, 0.2) is 4.30 Å². The summed E-state index contributed by atoms with van der Waals surface area (Å²) in [5.74, 6) is 0. The summed E-state index contributed by atoms with van der Waals surface area (Å²) >= 11 is 15.9. The molecule has 7 heteroatoms. The maximum Gasteiger partial charge on any atom is 0.203 e. The van der Waals surface area contributed by atoms with Crippen LogP contribution >= 0.6 is 46.1 Å². The SMILES string of the molecule is CCCc1nnc(N)s1.ClC(Cl)Cl. The first kappa shape index (κ1) is 13.2. The van der Waals surface area contributed by atoms with Gasteiger partial charge in [-0.25, -0.2) is 0 Å². The number of aryl methyl sites for hydroxylation is 1. The van der Waals surface area contributed by atoms with Crippen LogP contribution in [0.1, 0.15) is 18.4 Å². The maximum atomic E-state index is 5.35. The number of hydrogen-bond acceptors (Lipinski definition) is 4. The van der Waals surface area contributed by atoms with E-state index < -0.39 is 4.30 Å². The van der Waals surface area contributed by atoms with E-state index in [9.17, 15) is 0 Å². The van der Waals surface area contributed by atoms with E-state index in [2.05, 4.69) is 17.1 Å². The van der Waals surface area contributed by atoms with Gasteiger partial charge in [-0.15, -0.1) is 10.2 Å². The fourth-order valence-electron chi connectivity index (χ4n) is 0.581. The lowest BCUT2D eigenvalue weighted by atomic mass is 10.4. The Morgan fingerprint density at radius 1 is 1.38 bits per heavy atom. The van der Waals surface area contributed by atoms with E-state index in [0.29, 0.717) is 5.13 Å². The summed E-state index contributed by atoms with van der Waals surface area (Å²) in [4.78, 5) is 0. The number of alkyl halides is 3. The van der Waals surface area contributed by atoms with E-state index in [0.717, 1.165) is 17.8 Å². The second-order valence-corrected chi connectivity index (χ2v) is 5.10. The third kappa shape index (κ3) is 8.56. The van der Waals surface area contributed by atoms with Gasteiger partial charge in [0, 0.05) is 6.42 Å². The number of nitrogens with two attached hydrogens (primary N) is 1. The van der Waals surface area contributed by atoms with Crippen LogP contribution < -0.4 is 5.73 Å². The van der Waals surface area contributed by atoms with Gasteiger partial charge in [-0.2, -0.15) is 0 Å². The third-order valence-corrected chi connectivity index (χ3v) is 1.76. The van der Waals surface area contributed by atoms with E-state index >= 15 is 0 Å². The van der Waals surface area contributed by atoms with Gasteiger partial charge in [-0.05, 0) is 6.42 Å².